The van der Waals surface area contributed by atoms with Crippen molar-refractivity contribution in [2.45, 2.75) is 12.5 Å². The molecule has 16 heavy (non-hydrogen) atoms. The Balaban J connectivity index is 2.17. The van der Waals surface area contributed by atoms with Gasteiger partial charge in [0.2, 0.25) is 0 Å². The first kappa shape index (κ1) is 11.1. The lowest BCUT2D eigenvalue weighted by atomic mass is 10.2. The second-order valence-corrected chi connectivity index (χ2v) is 4.53. The van der Waals surface area contributed by atoms with Gasteiger partial charge in [0, 0.05) is 30.4 Å². The Morgan fingerprint density at radius 2 is 2.12 bits per heavy atom. The summed E-state index contributed by atoms with van der Waals surface area (Å²) in [6.07, 6.45) is 2.11. The van der Waals surface area contributed by atoms with E-state index in [4.69, 9.17) is 0 Å². The number of aldehydes is 1. The summed E-state index contributed by atoms with van der Waals surface area (Å²) in [5, 5.41) is 0. The molecule has 0 bridgehead atoms. The zero-order valence-electron chi connectivity index (χ0n) is 9.89. The molecule has 1 saturated heterocycles. The highest BCUT2D eigenvalue weighted by atomic mass is 16.1. The molecule has 0 spiro atoms. The van der Waals surface area contributed by atoms with Gasteiger partial charge in [-0.1, -0.05) is 12.1 Å². The van der Waals surface area contributed by atoms with Crippen LogP contribution in [-0.2, 0) is 0 Å². The predicted molar refractivity (Wildman–Crippen MR) is 66.1 cm³/mol. The number of hydrogen-bond acceptors (Lipinski definition) is 3. The maximum Gasteiger partial charge on any atom is 0.152 e. The van der Waals surface area contributed by atoms with Crippen LogP contribution in [0.25, 0.3) is 0 Å². The lowest BCUT2D eigenvalue weighted by molar-refractivity contribution is 0.112. The van der Waals surface area contributed by atoms with Crippen LogP contribution in [0, 0.1) is 0 Å². The summed E-state index contributed by atoms with van der Waals surface area (Å²) in [6.45, 7) is 2.05. The number of rotatable bonds is 3. The minimum absolute atomic E-state index is 0.597. The van der Waals surface area contributed by atoms with Gasteiger partial charge in [-0.15, -0.1) is 0 Å². The Morgan fingerprint density at radius 1 is 1.38 bits per heavy atom. The molecule has 0 saturated carbocycles. The van der Waals surface area contributed by atoms with Gasteiger partial charge in [0.15, 0.2) is 6.29 Å². The van der Waals surface area contributed by atoms with Crippen molar-refractivity contribution >= 4 is 12.0 Å². The van der Waals surface area contributed by atoms with Crippen LogP contribution < -0.4 is 4.90 Å². The molecule has 0 N–H and O–H groups in total. The van der Waals surface area contributed by atoms with E-state index in [0.29, 0.717) is 6.04 Å². The van der Waals surface area contributed by atoms with E-state index >= 15 is 0 Å². The Morgan fingerprint density at radius 3 is 2.75 bits per heavy atom. The monoisotopic (exact) mass is 218 g/mol. The molecule has 2 rings (SSSR count). The van der Waals surface area contributed by atoms with E-state index in [1.165, 1.54) is 6.42 Å². The summed E-state index contributed by atoms with van der Waals surface area (Å²) in [5.74, 6) is 0. The van der Waals surface area contributed by atoms with Gasteiger partial charge >= 0.3 is 0 Å². The third kappa shape index (κ3) is 2.09. The Hall–Kier alpha value is -1.35. The molecule has 1 aromatic carbocycles. The van der Waals surface area contributed by atoms with Gasteiger partial charge in [-0.2, -0.15) is 0 Å². The molecule has 86 valence electrons. The molecular formula is C13H18N2O. The highest BCUT2D eigenvalue weighted by molar-refractivity contribution is 5.84. The Labute approximate surface area is 96.7 Å². The molecule has 3 nitrogen and oxygen atoms in total. The van der Waals surface area contributed by atoms with Crippen LogP contribution in [0.4, 0.5) is 5.69 Å². The highest BCUT2D eigenvalue weighted by Gasteiger charge is 2.25. The Bertz CT molecular complexity index is 376. The molecule has 1 aliphatic heterocycles. The van der Waals surface area contributed by atoms with Crippen LogP contribution in [0.3, 0.4) is 0 Å². The summed E-state index contributed by atoms with van der Waals surface area (Å²) in [6, 6.07) is 8.41. The number of carbonyl (C=O) groups excluding carboxylic acids is 1. The van der Waals surface area contributed by atoms with Crippen LogP contribution >= 0.6 is 0 Å². The van der Waals surface area contributed by atoms with Crippen molar-refractivity contribution < 1.29 is 4.79 Å². The quantitative estimate of drug-likeness (QED) is 0.721. The minimum Gasteiger partial charge on any atom is -0.369 e. The normalized spacial score (nSPS) is 20.4. The standard InChI is InChI=1S/C13H18N2O/c1-14(2)12-7-8-15(9-12)13-6-4-3-5-11(13)10-16/h3-6,10,12H,7-9H2,1-2H3. The van der Waals surface area contributed by atoms with E-state index < -0.39 is 0 Å². The molecule has 1 fully saturated rings. The van der Waals surface area contributed by atoms with Gasteiger partial charge in [-0.3, -0.25) is 4.79 Å². The molecule has 1 unspecified atom stereocenters. The van der Waals surface area contributed by atoms with Gasteiger partial charge in [-0.25, -0.2) is 0 Å². The summed E-state index contributed by atoms with van der Waals surface area (Å²) in [5.41, 5.74) is 1.86. The summed E-state index contributed by atoms with van der Waals surface area (Å²) < 4.78 is 0. The third-order valence-electron chi connectivity index (χ3n) is 3.30. The van der Waals surface area contributed by atoms with Crippen LogP contribution in [0.2, 0.25) is 0 Å². The predicted octanol–water partition coefficient (Wildman–Crippen LogP) is 1.64. The third-order valence-corrected chi connectivity index (χ3v) is 3.30. The van der Waals surface area contributed by atoms with Crippen LogP contribution in [0.15, 0.2) is 24.3 Å². The summed E-state index contributed by atoms with van der Waals surface area (Å²) in [7, 11) is 4.22. The van der Waals surface area contributed by atoms with Crippen molar-refractivity contribution in [1.82, 2.24) is 4.90 Å². The first-order valence-electron chi connectivity index (χ1n) is 5.68. The average molecular weight is 218 g/mol. The van der Waals surface area contributed by atoms with Crippen LogP contribution in [0.1, 0.15) is 16.8 Å². The smallest absolute Gasteiger partial charge is 0.152 e. The highest BCUT2D eigenvalue weighted by Crippen LogP contribution is 2.24. The van der Waals surface area contributed by atoms with E-state index in [0.717, 1.165) is 30.6 Å². The maximum atomic E-state index is 11.0. The van der Waals surface area contributed by atoms with Gasteiger partial charge in [0.1, 0.15) is 0 Å². The number of hydrogen-bond donors (Lipinski definition) is 0. The van der Waals surface area contributed by atoms with Crippen LogP contribution in [0.5, 0.6) is 0 Å². The first-order valence-corrected chi connectivity index (χ1v) is 5.68. The first-order chi connectivity index (χ1) is 7.72. The fourth-order valence-electron chi connectivity index (χ4n) is 2.26. The average Bonchev–Trinajstić information content (AvgIpc) is 2.78. The second kappa shape index (κ2) is 4.66. The zero-order valence-corrected chi connectivity index (χ0v) is 9.89. The Kier molecular flexibility index (Phi) is 3.25. The molecule has 0 aromatic heterocycles. The topological polar surface area (TPSA) is 23.6 Å². The SMILES string of the molecule is CN(C)C1CCN(c2ccccc2C=O)C1. The number of benzene rings is 1. The van der Waals surface area contributed by atoms with E-state index in [1.807, 2.05) is 24.3 Å². The fraction of sp³-hybridized carbons (Fsp3) is 0.462. The van der Waals surface area contributed by atoms with Crippen molar-refractivity contribution in [3.05, 3.63) is 29.8 Å². The fourth-order valence-corrected chi connectivity index (χ4v) is 2.26. The van der Waals surface area contributed by atoms with E-state index in [2.05, 4.69) is 23.9 Å². The summed E-state index contributed by atoms with van der Waals surface area (Å²) >= 11 is 0. The van der Waals surface area contributed by atoms with Crippen LogP contribution in [-0.4, -0.2) is 44.4 Å². The van der Waals surface area contributed by atoms with Gasteiger partial charge in [0.25, 0.3) is 0 Å². The van der Waals surface area contributed by atoms with E-state index in [9.17, 15) is 4.79 Å². The van der Waals surface area contributed by atoms with Gasteiger partial charge in [-0.05, 0) is 32.6 Å². The van der Waals surface area contributed by atoms with Gasteiger partial charge < -0.3 is 9.80 Å². The van der Waals surface area contributed by atoms with Crippen molar-refractivity contribution in [1.29, 1.82) is 0 Å². The van der Waals surface area contributed by atoms with E-state index in [1.54, 1.807) is 0 Å². The van der Waals surface area contributed by atoms with Crippen molar-refractivity contribution in [3.63, 3.8) is 0 Å². The second-order valence-electron chi connectivity index (χ2n) is 4.53. The molecular weight excluding hydrogens is 200 g/mol. The van der Waals surface area contributed by atoms with E-state index in [-0.39, 0.29) is 0 Å². The molecule has 1 aromatic rings. The molecule has 1 atom stereocenters. The molecule has 0 radical (unpaired) electrons. The molecule has 1 aliphatic rings. The molecule has 3 heteroatoms. The lowest BCUT2D eigenvalue weighted by Crippen LogP contribution is -2.31. The molecule has 1 heterocycles. The van der Waals surface area contributed by atoms with Crippen molar-refractivity contribution in [2.75, 3.05) is 32.1 Å². The van der Waals surface area contributed by atoms with Crippen molar-refractivity contribution in [3.8, 4) is 0 Å². The van der Waals surface area contributed by atoms with Gasteiger partial charge in [0.05, 0.1) is 0 Å². The maximum absolute atomic E-state index is 11.0. The molecule has 0 amide bonds. The molecule has 0 aliphatic carbocycles. The largest absolute Gasteiger partial charge is 0.369 e. The minimum atomic E-state index is 0.597. The number of likely N-dealkylation sites (N-methyl/N-ethyl adjacent to an activating group) is 1. The number of carbonyl (C=O) groups is 1. The van der Waals surface area contributed by atoms with Crippen molar-refractivity contribution in [2.24, 2.45) is 0 Å². The zero-order chi connectivity index (χ0) is 11.5. The lowest BCUT2D eigenvalue weighted by Gasteiger charge is -2.22. The number of anilines is 1. The summed E-state index contributed by atoms with van der Waals surface area (Å²) in [4.78, 5) is 15.5. The number of nitrogens with zero attached hydrogens (tertiary/aromatic N) is 2. The number of para-hydroxylation sites is 1.